The molecule has 1 atom stereocenters. The zero-order valence-corrected chi connectivity index (χ0v) is 18.5. The highest BCUT2D eigenvalue weighted by Gasteiger charge is 2.17. The van der Waals surface area contributed by atoms with Crippen molar-refractivity contribution in [3.8, 4) is 0 Å². The van der Waals surface area contributed by atoms with Gasteiger partial charge in [-0.2, -0.15) is 0 Å². The molecule has 0 spiro atoms. The van der Waals surface area contributed by atoms with Crippen LogP contribution >= 0.6 is 0 Å². The summed E-state index contributed by atoms with van der Waals surface area (Å²) >= 11 is 0. The van der Waals surface area contributed by atoms with Crippen LogP contribution in [-0.2, 0) is 38.1 Å². The van der Waals surface area contributed by atoms with Crippen LogP contribution in [-0.4, -0.2) is 43.4 Å². The summed E-state index contributed by atoms with van der Waals surface area (Å²) in [5, 5.41) is 0. The van der Waals surface area contributed by atoms with Gasteiger partial charge in [0.15, 0.2) is 0 Å². The number of carbonyl (C=O) groups excluding carboxylic acids is 4. The summed E-state index contributed by atoms with van der Waals surface area (Å²) in [5.74, 6) is -2.20. The molecule has 0 bridgehead atoms. The smallest absolute Gasteiger partial charge is 0.334 e. The Morgan fingerprint density at radius 1 is 0.667 bits per heavy atom. The van der Waals surface area contributed by atoms with Crippen LogP contribution in [0.25, 0.3) is 0 Å². The van der Waals surface area contributed by atoms with Crippen LogP contribution in [0.1, 0.15) is 85.0 Å². The molecule has 8 heteroatoms. The molecule has 30 heavy (non-hydrogen) atoms. The topological polar surface area (TPSA) is 105 Å². The Bertz CT molecular complexity index is 541. The predicted octanol–water partition coefficient (Wildman–Crippen LogP) is 4.00. The van der Waals surface area contributed by atoms with E-state index in [-0.39, 0.29) is 18.8 Å². The van der Waals surface area contributed by atoms with Crippen molar-refractivity contribution in [3.05, 3.63) is 12.2 Å². The van der Waals surface area contributed by atoms with E-state index in [9.17, 15) is 19.2 Å². The van der Waals surface area contributed by atoms with E-state index in [0.717, 1.165) is 37.8 Å². The Hall–Kier alpha value is -2.38. The molecule has 8 nitrogen and oxygen atoms in total. The predicted molar refractivity (Wildman–Crippen MR) is 110 cm³/mol. The SMILES string of the molecule is CCCCOC(=O)/C=C\C(=O)OC(CCC)OC(=O)CCCCC(=O)OCCCC. The molecule has 0 saturated heterocycles. The maximum atomic E-state index is 12.0. The summed E-state index contributed by atoms with van der Waals surface area (Å²) in [7, 11) is 0. The number of rotatable bonds is 17. The highest BCUT2D eigenvalue weighted by molar-refractivity contribution is 5.91. The zero-order valence-electron chi connectivity index (χ0n) is 18.5. The molecule has 1 unspecified atom stereocenters. The molecule has 0 aromatic carbocycles. The van der Waals surface area contributed by atoms with Crippen molar-refractivity contribution in [2.24, 2.45) is 0 Å². The quantitative estimate of drug-likeness (QED) is 0.113. The molecule has 172 valence electrons. The van der Waals surface area contributed by atoms with E-state index in [1.165, 1.54) is 0 Å². The zero-order chi connectivity index (χ0) is 22.6. The lowest BCUT2D eigenvalue weighted by molar-refractivity contribution is -0.185. The largest absolute Gasteiger partial charge is 0.466 e. The molecule has 0 aliphatic carbocycles. The van der Waals surface area contributed by atoms with Gasteiger partial charge in [0.2, 0.25) is 6.29 Å². The molecule has 0 aliphatic rings. The number of hydrogen-bond acceptors (Lipinski definition) is 8. The van der Waals surface area contributed by atoms with Crippen molar-refractivity contribution in [2.75, 3.05) is 13.2 Å². The average molecular weight is 429 g/mol. The molecule has 0 amide bonds. The molecule has 0 saturated carbocycles. The van der Waals surface area contributed by atoms with E-state index in [4.69, 9.17) is 18.9 Å². The Kier molecular flexibility index (Phi) is 17.2. The minimum absolute atomic E-state index is 0.111. The first kappa shape index (κ1) is 27.6. The molecule has 0 aromatic heterocycles. The number of carbonyl (C=O) groups is 4. The lowest BCUT2D eigenvalue weighted by Crippen LogP contribution is -2.24. The van der Waals surface area contributed by atoms with Crippen molar-refractivity contribution in [3.63, 3.8) is 0 Å². The monoisotopic (exact) mass is 428 g/mol. The molecule has 0 fully saturated rings. The minimum Gasteiger partial charge on any atom is -0.466 e. The van der Waals surface area contributed by atoms with Gasteiger partial charge in [-0.1, -0.05) is 33.6 Å². The van der Waals surface area contributed by atoms with Crippen LogP contribution in [0, 0.1) is 0 Å². The molecule has 0 rings (SSSR count). The first-order valence-corrected chi connectivity index (χ1v) is 10.8. The van der Waals surface area contributed by atoms with Gasteiger partial charge in [-0.15, -0.1) is 0 Å². The van der Waals surface area contributed by atoms with Gasteiger partial charge < -0.3 is 18.9 Å². The van der Waals surface area contributed by atoms with Crippen LogP contribution in [0.2, 0.25) is 0 Å². The lowest BCUT2D eigenvalue weighted by atomic mass is 10.2. The van der Waals surface area contributed by atoms with Gasteiger partial charge in [-0.25, -0.2) is 9.59 Å². The van der Waals surface area contributed by atoms with Crippen molar-refractivity contribution in [2.45, 2.75) is 91.3 Å². The van der Waals surface area contributed by atoms with Crippen LogP contribution in [0.15, 0.2) is 12.2 Å². The fourth-order valence-corrected chi connectivity index (χ4v) is 2.19. The second-order valence-corrected chi connectivity index (χ2v) is 6.78. The second-order valence-electron chi connectivity index (χ2n) is 6.78. The number of unbranched alkanes of at least 4 members (excludes halogenated alkanes) is 3. The van der Waals surface area contributed by atoms with Gasteiger partial charge in [0.05, 0.1) is 13.2 Å². The fraction of sp³-hybridized carbons (Fsp3) is 0.727. The van der Waals surface area contributed by atoms with E-state index >= 15 is 0 Å². The van der Waals surface area contributed by atoms with Crippen LogP contribution in [0.5, 0.6) is 0 Å². The molecule has 0 aliphatic heterocycles. The number of esters is 4. The highest BCUT2D eigenvalue weighted by atomic mass is 16.7. The standard InChI is InChI=1S/C22H36O8/c1-4-7-16-27-18(23)12-9-10-13-20(25)29-22(11-6-3)30-21(26)15-14-19(24)28-17-8-5-2/h14-15,22H,4-13,16-17H2,1-3H3/b15-14-. The summed E-state index contributed by atoms with van der Waals surface area (Å²) in [4.78, 5) is 46.7. The van der Waals surface area contributed by atoms with E-state index in [1.54, 1.807) is 0 Å². The summed E-state index contributed by atoms with van der Waals surface area (Å²) < 4.78 is 20.2. The van der Waals surface area contributed by atoms with Crippen LogP contribution in [0.3, 0.4) is 0 Å². The Balaban J connectivity index is 4.18. The van der Waals surface area contributed by atoms with E-state index in [0.29, 0.717) is 38.9 Å². The molecule has 0 aromatic rings. The van der Waals surface area contributed by atoms with Crippen molar-refractivity contribution in [1.82, 2.24) is 0 Å². The first-order valence-electron chi connectivity index (χ1n) is 10.8. The van der Waals surface area contributed by atoms with Gasteiger partial charge in [0.1, 0.15) is 0 Å². The Morgan fingerprint density at radius 2 is 1.23 bits per heavy atom. The lowest BCUT2D eigenvalue weighted by Gasteiger charge is -2.16. The Morgan fingerprint density at radius 3 is 1.83 bits per heavy atom. The van der Waals surface area contributed by atoms with Crippen molar-refractivity contribution < 1.29 is 38.1 Å². The maximum absolute atomic E-state index is 12.0. The van der Waals surface area contributed by atoms with E-state index < -0.39 is 24.2 Å². The van der Waals surface area contributed by atoms with Crippen LogP contribution < -0.4 is 0 Å². The molecule has 0 heterocycles. The summed E-state index contributed by atoms with van der Waals surface area (Å²) in [5.41, 5.74) is 0. The summed E-state index contributed by atoms with van der Waals surface area (Å²) in [6.45, 7) is 6.56. The second kappa shape index (κ2) is 18.6. The fourth-order valence-electron chi connectivity index (χ4n) is 2.19. The van der Waals surface area contributed by atoms with E-state index in [1.807, 2.05) is 20.8 Å². The molecule has 0 radical (unpaired) electrons. The van der Waals surface area contributed by atoms with Gasteiger partial charge >= 0.3 is 23.9 Å². The summed E-state index contributed by atoms with van der Waals surface area (Å²) in [6.07, 6.45) is 6.69. The maximum Gasteiger partial charge on any atom is 0.334 e. The number of hydrogen-bond donors (Lipinski definition) is 0. The van der Waals surface area contributed by atoms with Crippen molar-refractivity contribution >= 4 is 23.9 Å². The van der Waals surface area contributed by atoms with E-state index in [2.05, 4.69) is 0 Å². The van der Waals surface area contributed by atoms with Gasteiger partial charge in [-0.3, -0.25) is 9.59 Å². The Labute approximate surface area is 179 Å². The highest BCUT2D eigenvalue weighted by Crippen LogP contribution is 2.10. The minimum atomic E-state index is -1.02. The van der Waals surface area contributed by atoms with Crippen molar-refractivity contribution in [1.29, 1.82) is 0 Å². The summed E-state index contributed by atoms with van der Waals surface area (Å²) in [6, 6.07) is 0. The van der Waals surface area contributed by atoms with Crippen LogP contribution in [0.4, 0.5) is 0 Å². The third-order valence-corrected chi connectivity index (χ3v) is 3.91. The number of ether oxygens (including phenoxy) is 4. The van der Waals surface area contributed by atoms with Gasteiger partial charge in [0, 0.05) is 31.4 Å². The third kappa shape index (κ3) is 16.6. The molecular weight excluding hydrogens is 392 g/mol. The molecular formula is C22H36O8. The van der Waals surface area contributed by atoms with Gasteiger partial charge in [-0.05, 0) is 32.1 Å². The normalized spacial score (nSPS) is 11.7. The average Bonchev–Trinajstić information content (AvgIpc) is 2.70. The molecule has 0 N–H and O–H groups in total. The van der Waals surface area contributed by atoms with Gasteiger partial charge in [0.25, 0.3) is 0 Å². The third-order valence-electron chi connectivity index (χ3n) is 3.91. The first-order chi connectivity index (χ1) is 14.4.